The van der Waals surface area contributed by atoms with E-state index in [2.05, 4.69) is 0 Å². The summed E-state index contributed by atoms with van der Waals surface area (Å²) in [5, 5.41) is -0.763. The van der Waals surface area contributed by atoms with E-state index in [1.54, 1.807) is 24.3 Å². The first-order valence-electron chi connectivity index (χ1n) is 6.81. The van der Waals surface area contributed by atoms with Crippen molar-refractivity contribution in [2.24, 2.45) is 0 Å². The zero-order valence-electron chi connectivity index (χ0n) is 12.3. The SMILES string of the molecule is CS(=O)(=O)O[C@@H]1C[C@@H](C(=O)Cl)N(C(=O)OCc2ccccc2)C1. The minimum atomic E-state index is -3.69. The molecule has 0 radical (unpaired) electrons. The molecular weight excluding hydrogens is 346 g/mol. The van der Waals surface area contributed by atoms with Crippen molar-refractivity contribution in [1.29, 1.82) is 0 Å². The topological polar surface area (TPSA) is 90.0 Å². The van der Waals surface area contributed by atoms with Crippen molar-refractivity contribution in [3.63, 3.8) is 0 Å². The van der Waals surface area contributed by atoms with Gasteiger partial charge in [0, 0.05) is 6.42 Å². The van der Waals surface area contributed by atoms with Crippen LogP contribution in [0, 0.1) is 0 Å². The number of benzene rings is 1. The maximum absolute atomic E-state index is 12.1. The highest BCUT2D eigenvalue weighted by Gasteiger charge is 2.41. The summed E-state index contributed by atoms with van der Waals surface area (Å²) < 4.78 is 32.3. The van der Waals surface area contributed by atoms with Gasteiger partial charge in [0.05, 0.1) is 18.9 Å². The number of halogens is 1. The van der Waals surface area contributed by atoms with Gasteiger partial charge in [0.2, 0.25) is 5.24 Å². The van der Waals surface area contributed by atoms with Gasteiger partial charge in [0.15, 0.2) is 0 Å². The number of carbonyl (C=O) groups excluding carboxylic acids is 2. The normalized spacial score (nSPS) is 21.2. The predicted octanol–water partition coefficient (Wildman–Crippen LogP) is 1.51. The highest BCUT2D eigenvalue weighted by Crippen LogP contribution is 2.24. The van der Waals surface area contributed by atoms with Gasteiger partial charge in [0.25, 0.3) is 10.1 Å². The fourth-order valence-electron chi connectivity index (χ4n) is 2.33. The fourth-order valence-corrected chi connectivity index (χ4v) is 3.17. The van der Waals surface area contributed by atoms with E-state index < -0.39 is 33.6 Å². The molecule has 1 aliphatic rings. The number of hydrogen-bond donors (Lipinski definition) is 0. The van der Waals surface area contributed by atoms with Crippen molar-refractivity contribution in [3.05, 3.63) is 35.9 Å². The average molecular weight is 362 g/mol. The van der Waals surface area contributed by atoms with E-state index in [0.717, 1.165) is 16.7 Å². The third kappa shape index (κ3) is 5.19. The Morgan fingerprint density at radius 3 is 2.52 bits per heavy atom. The van der Waals surface area contributed by atoms with Crippen LogP contribution >= 0.6 is 11.6 Å². The minimum Gasteiger partial charge on any atom is -0.445 e. The van der Waals surface area contributed by atoms with Gasteiger partial charge in [0.1, 0.15) is 12.6 Å². The molecule has 1 fully saturated rings. The van der Waals surface area contributed by atoms with E-state index >= 15 is 0 Å². The number of hydrogen-bond acceptors (Lipinski definition) is 6. The van der Waals surface area contributed by atoms with E-state index in [0.29, 0.717) is 0 Å². The molecule has 0 unspecified atom stereocenters. The Morgan fingerprint density at radius 2 is 1.96 bits per heavy atom. The van der Waals surface area contributed by atoms with Crippen LogP contribution in [-0.2, 0) is 30.4 Å². The van der Waals surface area contributed by atoms with Crippen molar-refractivity contribution >= 4 is 33.1 Å². The maximum atomic E-state index is 12.1. The van der Waals surface area contributed by atoms with Crippen molar-refractivity contribution in [1.82, 2.24) is 4.90 Å². The van der Waals surface area contributed by atoms with Crippen molar-refractivity contribution in [3.8, 4) is 0 Å². The highest BCUT2D eigenvalue weighted by molar-refractivity contribution is 7.86. The van der Waals surface area contributed by atoms with E-state index in [-0.39, 0.29) is 19.6 Å². The fraction of sp³-hybridized carbons (Fsp3) is 0.429. The Hall–Kier alpha value is -1.64. The summed E-state index contributed by atoms with van der Waals surface area (Å²) in [4.78, 5) is 24.7. The number of carbonyl (C=O) groups is 2. The number of ether oxygens (including phenoxy) is 1. The molecular formula is C14H16ClNO6S. The Labute approximate surface area is 139 Å². The van der Waals surface area contributed by atoms with E-state index in [4.69, 9.17) is 20.5 Å². The second kappa shape index (κ2) is 7.29. The molecule has 0 bridgehead atoms. The van der Waals surface area contributed by atoms with E-state index in [1.165, 1.54) is 0 Å². The standard InChI is InChI=1S/C14H16ClNO6S/c1-23(19,20)22-11-7-12(13(15)17)16(8-11)14(18)21-9-10-5-3-2-4-6-10/h2-6,11-12H,7-9H2,1H3/t11-,12+/m1/s1. The summed E-state index contributed by atoms with van der Waals surface area (Å²) in [6.45, 7) is -0.0409. The van der Waals surface area contributed by atoms with E-state index in [9.17, 15) is 18.0 Å². The molecule has 1 aromatic carbocycles. The molecule has 126 valence electrons. The molecule has 0 aliphatic carbocycles. The number of nitrogens with zero attached hydrogens (tertiary/aromatic N) is 1. The van der Waals surface area contributed by atoms with Crippen LogP contribution in [0.3, 0.4) is 0 Å². The van der Waals surface area contributed by atoms with Crippen LogP contribution in [0.1, 0.15) is 12.0 Å². The molecule has 2 atom stereocenters. The molecule has 0 saturated carbocycles. The first-order valence-corrected chi connectivity index (χ1v) is 9.00. The van der Waals surface area contributed by atoms with Crippen molar-refractivity contribution in [2.75, 3.05) is 12.8 Å². The quantitative estimate of drug-likeness (QED) is 0.583. The highest BCUT2D eigenvalue weighted by atomic mass is 35.5. The summed E-state index contributed by atoms with van der Waals surface area (Å²) >= 11 is 5.48. The molecule has 23 heavy (non-hydrogen) atoms. The lowest BCUT2D eigenvalue weighted by molar-refractivity contribution is -0.115. The van der Waals surface area contributed by atoms with Gasteiger partial charge < -0.3 is 4.74 Å². The van der Waals surface area contributed by atoms with Gasteiger partial charge in [-0.05, 0) is 17.2 Å². The van der Waals surface area contributed by atoms with Crippen LogP contribution in [0.4, 0.5) is 4.79 Å². The van der Waals surface area contributed by atoms with Crippen LogP contribution in [0.5, 0.6) is 0 Å². The summed E-state index contributed by atoms with van der Waals surface area (Å²) in [5.74, 6) is 0. The largest absolute Gasteiger partial charge is 0.445 e. The van der Waals surface area contributed by atoms with Gasteiger partial charge >= 0.3 is 6.09 Å². The Balaban J connectivity index is 2.00. The van der Waals surface area contributed by atoms with E-state index in [1.807, 2.05) is 6.07 Å². The van der Waals surface area contributed by atoms with Crippen molar-refractivity contribution < 1.29 is 26.9 Å². The van der Waals surface area contributed by atoms with Crippen LogP contribution in [-0.4, -0.2) is 49.6 Å². The molecule has 9 heteroatoms. The van der Waals surface area contributed by atoms with Crippen molar-refractivity contribution in [2.45, 2.75) is 25.2 Å². The van der Waals surface area contributed by atoms with Gasteiger partial charge in [-0.15, -0.1) is 0 Å². The molecule has 0 aromatic heterocycles. The molecule has 1 heterocycles. The second-order valence-corrected chi connectivity index (χ2v) is 7.14. The van der Waals surface area contributed by atoms with Crippen LogP contribution in [0.15, 0.2) is 30.3 Å². The van der Waals surface area contributed by atoms with Gasteiger partial charge in [-0.2, -0.15) is 8.42 Å². The van der Waals surface area contributed by atoms with Crippen LogP contribution in [0.25, 0.3) is 0 Å². The summed E-state index contributed by atoms with van der Waals surface area (Å²) in [6, 6.07) is 8.06. The number of likely N-dealkylation sites (tertiary alicyclic amines) is 1. The lowest BCUT2D eigenvalue weighted by atomic mass is 10.2. The maximum Gasteiger partial charge on any atom is 0.410 e. The molecule has 1 aliphatic heterocycles. The molecule has 2 rings (SSSR count). The lowest BCUT2D eigenvalue weighted by Crippen LogP contribution is -2.39. The van der Waals surface area contributed by atoms with Gasteiger partial charge in [-0.1, -0.05) is 30.3 Å². The zero-order valence-corrected chi connectivity index (χ0v) is 13.9. The first kappa shape index (κ1) is 17.7. The molecule has 0 spiro atoms. The van der Waals surface area contributed by atoms with Crippen LogP contribution < -0.4 is 0 Å². The van der Waals surface area contributed by atoms with Gasteiger partial charge in [-0.25, -0.2) is 4.79 Å². The van der Waals surface area contributed by atoms with Gasteiger partial charge in [-0.3, -0.25) is 13.9 Å². The molecule has 1 aromatic rings. The summed E-state index contributed by atoms with van der Waals surface area (Å²) in [7, 11) is -3.69. The summed E-state index contributed by atoms with van der Waals surface area (Å²) in [6.07, 6.45) is -0.647. The Bertz CT molecular complexity index is 678. The summed E-state index contributed by atoms with van der Waals surface area (Å²) in [5.41, 5.74) is 0.790. The third-order valence-corrected chi connectivity index (χ3v) is 4.15. The first-order chi connectivity index (χ1) is 10.8. The third-order valence-electron chi connectivity index (χ3n) is 3.28. The molecule has 1 saturated heterocycles. The minimum absolute atomic E-state index is 0.00976. The Kier molecular flexibility index (Phi) is 5.61. The zero-order chi connectivity index (χ0) is 17.0. The predicted molar refractivity (Wildman–Crippen MR) is 82.3 cm³/mol. The second-order valence-electron chi connectivity index (χ2n) is 5.17. The smallest absolute Gasteiger partial charge is 0.410 e. The lowest BCUT2D eigenvalue weighted by Gasteiger charge is -2.20. The van der Waals surface area contributed by atoms with Crippen LogP contribution in [0.2, 0.25) is 0 Å². The number of amides is 1. The molecule has 7 nitrogen and oxygen atoms in total. The Morgan fingerprint density at radius 1 is 1.30 bits per heavy atom. The molecule has 1 amide bonds. The molecule has 0 N–H and O–H groups in total. The average Bonchev–Trinajstić information content (AvgIpc) is 2.88. The number of rotatable bonds is 5. The monoisotopic (exact) mass is 361 g/mol.